The molecule has 236 valence electrons. The molecule has 0 spiro atoms. The molecule has 2 unspecified atom stereocenters. The van der Waals surface area contributed by atoms with Gasteiger partial charge in [-0.3, -0.25) is 0 Å². The second-order valence-corrected chi connectivity index (χ2v) is 12.4. The SMILES string of the molecule is CCc1cc(-c2cc(C(C)c3ccc(-c4ccccc4)cc3)c(O)c(C)c2O)cc(C(CC)c2ccc(-c3ccccc3)cc2)c1O. The lowest BCUT2D eigenvalue weighted by molar-refractivity contribution is 0.438. The van der Waals surface area contributed by atoms with Crippen LogP contribution in [0.1, 0.15) is 72.4 Å². The number of aryl methyl sites for hydroxylation is 1. The minimum Gasteiger partial charge on any atom is -0.507 e. The Labute approximate surface area is 278 Å². The predicted octanol–water partition coefficient (Wildman–Crippen LogP) is 11.4. The zero-order valence-corrected chi connectivity index (χ0v) is 27.5. The van der Waals surface area contributed by atoms with Gasteiger partial charge in [-0.15, -0.1) is 0 Å². The molecule has 0 saturated carbocycles. The molecule has 6 rings (SSSR count). The van der Waals surface area contributed by atoms with Gasteiger partial charge in [0, 0.05) is 34.1 Å². The molecule has 0 aliphatic rings. The van der Waals surface area contributed by atoms with Gasteiger partial charge in [-0.1, -0.05) is 130 Å². The van der Waals surface area contributed by atoms with E-state index in [1.54, 1.807) is 6.92 Å². The van der Waals surface area contributed by atoms with E-state index in [-0.39, 0.29) is 23.3 Å². The van der Waals surface area contributed by atoms with Crippen molar-refractivity contribution in [2.24, 2.45) is 0 Å². The van der Waals surface area contributed by atoms with Crippen molar-refractivity contribution in [1.82, 2.24) is 0 Å². The van der Waals surface area contributed by atoms with Crippen molar-refractivity contribution in [1.29, 1.82) is 0 Å². The van der Waals surface area contributed by atoms with Gasteiger partial charge in [0.1, 0.15) is 17.2 Å². The number of benzene rings is 6. The van der Waals surface area contributed by atoms with E-state index in [1.165, 1.54) is 5.56 Å². The summed E-state index contributed by atoms with van der Waals surface area (Å²) in [7, 11) is 0. The van der Waals surface area contributed by atoms with E-state index >= 15 is 0 Å². The van der Waals surface area contributed by atoms with Gasteiger partial charge in [-0.05, 0) is 82.5 Å². The third-order valence-electron chi connectivity index (χ3n) is 9.64. The third-order valence-corrected chi connectivity index (χ3v) is 9.64. The maximum absolute atomic E-state index is 11.5. The number of hydrogen-bond donors (Lipinski definition) is 3. The van der Waals surface area contributed by atoms with Crippen LogP contribution in [0.15, 0.2) is 127 Å². The number of phenols is 3. The highest BCUT2D eigenvalue weighted by atomic mass is 16.3. The van der Waals surface area contributed by atoms with E-state index in [9.17, 15) is 15.3 Å². The second-order valence-electron chi connectivity index (χ2n) is 12.4. The largest absolute Gasteiger partial charge is 0.507 e. The Hall–Kier alpha value is -5.28. The summed E-state index contributed by atoms with van der Waals surface area (Å²) in [5.41, 5.74) is 11.1. The minimum absolute atomic E-state index is 0.0352. The Kier molecular flexibility index (Phi) is 9.17. The highest BCUT2D eigenvalue weighted by Gasteiger charge is 2.24. The van der Waals surface area contributed by atoms with Crippen molar-refractivity contribution >= 4 is 0 Å². The van der Waals surface area contributed by atoms with Crippen molar-refractivity contribution in [3.8, 4) is 50.6 Å². The predicted molar refractivity (Wildman–Crippen MR) is 194 cm³/mol. The molecule has 6 aromatic carbocycles. The summed E-state index contributed by atoms with van der Waals surface area (Å²) in [6, 6.07) is 43.5. The monoisotopic (exact) mass is 618 g/mol. The Balaban J connectivity index is 1.39. The van der Waals surface area contributed by atoms with Crippen molar-refractivity contribution in [3.05, 3.63) is 161 Å². The lowest BCUT2D eigenvalue weighted by Gasteiger charge is -2.23. The van der Waals surface area contributed by atoms with E-state index in [0.29, 0.717) is 23.3 Å². The smallest absolute Gasteiger partial charge is 0.130 e. The maximum atomic E-state index is 11.5. The molecule has 0 aliphatic carbocycles. The molecule has 0 radical (unpaired) electrons. The van der Waals surface area contributed by atoms with Crippen LogP contribution < -0.4 is 0 Å². The molecule has 0 heterocycles. The van der Waals surface area contributed by atoms with Crippen LogP contribution in [0.2, 0.25) is 0 Å². The van der Waals surface area contributed by atoms with Gasteiger partial charge >= 0.3 is 0 Å². The first-order valence-electron chi connectivity index (χ1n) is 16.5. The Morgan fingerprint density at radius 1 is 0.511 bits per heavy atom. The van der Waals surface area contributed by atoms with Crippen LogP contribution in [0.25, 0.3) is 33.4 Å². The standard InChI is InChI=1S/C44H42O3/c1-5-30-25-37(26-41(44(30)47)38(6-2)36-23-21-35(22-24-36)33-15-11-8-12-16-33)40-27-39(42(45)29(4)43(40)46)28(3)31-17-19-34(20-18-31)32-13-9-7-10-14-32/h7-28,38,45-47H,5-6H2,1-4H3. The quantitative estimate of drug-likeness (QED) is 0.151. The summed E-state index contributed by atoms with van der Waals surface area (Å²) in [5.74, 6) is 0.304. The average molecular weight is 619 g/mol. The number of phenolic OH excluding ortho intramolecular Hbond substituents is 3. The van der Waals surface area contributed by atoms with Gasteiger partial charge in [0.15, 0.2) is 0 Å². The van der Waals surface area contributed by atoms with Crippen LogP contribution >= 0.6 is 0 Å². The van der Waals surface area contributed by atoms with Crippen LogP contribution in [-0.4, -0.2) is 15.3 Å². The zero-order valence-electron chi connectivity index (χ0n) is 27.5. The Bertz CT molecular complexity index is 1980. The van der Waals surface area contributed by atoms with E-state index in [4.69, 9.17) is 0 Å². The summed E-state index contributed by atoms with van der Waals surface area (Å²) < 4.78 is 0. The van der Waals surface area contributed by atoms with Crippen LogP contribution in [-0.2, 0) is 6.42 Å². The molecule has 0 bridgehead atoms. The van der Waals surface area contributed by atoms with Crippen LogP contribution in [0, 0.1) is 6.92 Å². The number of hydrogen-bond acceptors (Lipinski definition) is 3. The first-order valence-corrected chi connectivity index (χ1v) is 16.5. The molecule has 0 aliphatic heterocycles. The average Bonchev–Trinajstić information content (AvgIpc) is 3.12. The van der Waals surface area contributed by atoms with Gasteiger partial charge < -0.3 is 15.3 Å². The first-order chi connectivity index (χ1) is 22.8. The molecular formula is C44H42O3. The fraction of sp³-hybridized carbons (Fsp3) is 0.182. The molecule has 47 heavy (non-hydrogen) atoms. The summed E-state index contributed by atoms with van der Waals surface area (Å²) in [6.07, 6.45) is 1.44. The van der Waals surface area contributed by atoms with Gasteiger partial charge in [0.2, 0.25) is 0 Å². The summed E-state index contributed by atoms with van der Waals surface area (Å²) in [4.78, 5) is 0. The lowest BCUT2D eigenvalue weighted by Crippen LogP contribution is -2.03. The summed E-state index contributed by atoms with van der Waals surface area (Å²) in [6.45, 7) is 8.01. The Morgan fingerprint density at radius 2 is 1.02 bits per heavy atom. The van der Waals surface area contributed by atoms with Gasteiger partial charge in [0.25, 0.3) is 0 Å². The van der Waals surface area contributed by atoms with Crippen LogP contribution in [0.4, 0.5) is 0 Å². The number of rotatable bonds is 9. The van der Waals surface area contributed by atoms with Gasteiger partial charge in [-0.2, -0.15) is 0 Å². The fourth-order valence-electron chi connectivity index (χ4n) is 6.73. The third kappa shape index (κ3) is 6.26. The summed E-state index contributed by atoms with van der Waals surface area (Å²) >= 11 is 0. The maximum Gasteiger partial charge on any atom is 0.130 e. The van der Waals surface area contributed by atoms with Gasteiger partial charge in [0.05, 0.1) is 0 Å². The van der Waals surface area contributed by atoms with Crippen molar-refractivity contribution < 1.29 is 15.3 Å². The normalized spacial score (nSPS) is 12.5. The molecule has 3 heteroatoms. The highest BCUT2D eigenvalue weighted by molar-refractivity contribution is 5.78. The van der Waals surface area contributed by atoms with Crippen molar-refractivity contribution in [3.63, 3.8) is 0 Å². The molecule has 2 atom stereocenters. The molecule has 0 saturated heterocycles. The van der Waals surface area contributed by atoms with Crippen LogP contribution in [0.5, 0.6) is 17.2 Å². The molecule has 0 fully saturated rings. The van der Waals surface area contributed by atoms with Crippen molar-refractivity contribution in [2.45, 2.75) is 52.4 Å². The lowest BCUT2D eigenvalue weighted by atomic mass is 9.83. The molecular weight excluding hydrogens is 576 g/mol. The molecule has 6 aromatic rings. The molecule has 3 nitrogen and oxygen atoms in total. The highest BCUT2D eigenvalue weighted by Crippen LogP contribution is 2.46. The van der Waals surface area contributed by atoms with E-state index in [2.05, 4.69) is 86.6 Å². The second kappa shape index (κ2) is 13.6. The fourth-order valence-corrected chi connectivity index (χ4v) is 6.73. The topological polar surface area (TPSA) is 60.7 Å². The Morgan fingerprint density at radius 3 is 1.53 bits per heavy atom. The zero-order chi connectivity index (χ0) is 33.1. The first kappa shape index (κ1) is 31.7. The number of aromatic hydroxyl groups is 3. The molecule has 3 N–H and O–H groups in total. The van der Waals surface area contributed by atoms with E-state index < -0.39 is 0 Å². The van der Waals surface area contributed by atoms with Crippen LogP contribution in [0.3, 0.4) is 0 Å². The van der Waals surface area contributed by atoms with Crippen molar-refractivity contribution in [2.75, 3.05) is 0 Å². The molecule has 0 aromatic heterocycles. The molecule has 0 amide bonds. The van der Waals surface area contributed by atoms with Gasteiger partial charge in [-0.25, -0.2) is 0 Å². The minimum atomic E-state index is -0.119. The summed E-state index contributed by atoms with van der Waals surface area (Å²) in [5, 5.41) is 34.2. The van der Waals surface area contributed by atoms with E-state index in [1.807, 2.05) is 61.5 Å². The van der Waals surface area contributed by atoms with E-state index in [0.717, 1.165) is 56.5 Å².